The third kappa shape index (κ3) is 5.15. The van der Waals surface area contributed by atoms with E-state index in [9.17, 15) is 9.59 Å². The lowest BCUT2D eigenvalue weighted by atomic mass is 10.0. The Morgan fingerprint density at radius 2 is 1.88 bits per heavy atom. The van der Waals surface area contributed by atoms with Gasteiger partial charge in [-0.25, -0.2) is 0 Å². The van der Waals surface area contributed by atoms with Crippen molar-refractivity contribution >= 4 is 11.9 Å². The highest BCUT2D eigenvalue weighted by Crippen LogP contribution is 2.16. The van der Waals surface area contributed by atoms with Crippen molar-refractivity contribution in [3.63, 3.8) is 0 Å². The topological polar surface area (TPSA) is 55.4 Å². The first-order valence-corrected chi connectivity index (χ1v) is 5.55. The number of benzene rings is 1. The number of amides is 1. The lowest BCUT2D eigenvalue weighted by Crippen LogP contribution is -2.27. The summed E-state index contributed by atoms with van der Waals surface area (Å²) in [6, 6.07) is 9.50. The fourth-order valence-electron chi connectivity index (χ4n) is 1.57. The highest BCUT2D eigenvalue weighted by atomic mass is 16.5. The van der Waals surface area contributed by atoms with Crippen molar-refractivity contribution in [2.75, 3.05) is 6.61 Å². The van der Waals surface area contributed by atoms with Gasteiger partial charge in [0.25, 0.3) is 0 Å². The molecule has 0 unspecified atom stereocenters. The van der Waals surface area contributed by atoms with Crippen molar-refractivity contribution in [1.29, 1.82) is 0 Å². The Kier molecular flexibility index (Phi) is 5.20. The van der Waals surface area contributed by atoms with Gasteiger partial charge in [-0.2, -0.15) is 0 Å². The van der Waals surface area contributed by atoms with Crippen LogP contribution in [0.15, 0.2) is 30.3 Å². The van der Waals surface area contributed by atoms with Gasteiger partial charge in [-0.05, 0) is 5.56 Å². The van der Waals surface area contributed by atoms with Gasteiger partial charge in [-0.15, -0.1) is 0 Å². The number of esters is 1. The second-order valence-corrected chi connectivity index (χ2v) is 3.79. The van der Waals surface area contributed by atoms with Crippen LogP contribution in [0.25, 0.3) is 0 Å². The van der Waals surface area contributed by atoms with Crippen molar-refractivity contribution < 1.29 is 14.3 Å². The number of rotatable bonds is 5. The molecule has 0 bridgehead atoms. The van der Waals surface area contributed by atoms with E-state index in [-0.39, 0.29) is 17.9 Å². The molecule has 0 radical (unpaired) electrons. The van der Waals surface area contributed by atoms with Crippen LogP contribution in [0.5, 0.6) is 0 Å². The van der Waals surface area contributed by atoms with Crippen LogP contribution in [0.1, 0.15) is 31.9 Å². The summed E-state index contributed by atoms with van der Waals surface area (Å²) in [4.78, 5) is 21.8. The summed E-state index contributed by atoms with van der Waals surface area (Å²) in [5, 5.41) is 2.84. The maximum absolute atomic E-state index is 11.1. The average Bonchev–Trinajstić information content (AvgIpc) is 2.28. The van der Waals surface area contributed by atoms with Gasteiger partial charge in [-0.3, -0.25) is 9.59 Å². The van der Waals surface area contributed by atoms with Crippen molar-refractivity contribution in [3.05, 3.63) is 35.9 Å². The van der Waals surface area contributed by atoms with Gasteiger partial charge in [0.2, 0.25) is 5.91 Å². The van der Waals surface area contributed by atoms with Crippen LogP contribution in [0, 0.1) is 0 Å². The molecule has 0 aliphatic carbocycles. The second-order valence-electron chi connectivity index (χ2n) is 3.79. The van der Waals surface area contributed by atoms with E-state index in [1.165, 1.54) is 13.8 Å². The molecule has 1 amide bonds. The van der Waals surface area contributed by atoms with E-state index < -0.39 is 0 Å². The van der Waals surface area contributed by atoms with Crippen LogP contribution in [0.3, 0.4) is 0 Å². The van der Waals surface area contributed by atoms with Gasteiger partial charge in [0.1, 0.15) is 0 Å². The first kappa shape index (κ1) is 13.2. The molecule has 0 saturated carbocycles. The number of hydrogen-bond donors (Lipinski definition) is 1. The average molecular weight is 235 g/mol. The number of hydrogen-bond acceptors (Lipinski definition) is 3. The number of nitrogens with one attached hydrogen (secondary N) is 1. The minimum atomic E-state index is -0.306. The standard InChI is InChI=1S/C13H17NO3/c1-10(15)14-13(8-9-17-11(2)16)12-6-4-3-5-7-12/h3-7,13H,8-9H2,1-2H3,(H,14,15)/t13-/m0/s1. The fourth-order valence-corrected chi connectivity index (χ4v) is 1.57. The van der Waals surface area contributed by atoms with Gasteiger partial charge >= 0.3 is 5.97 Å². The Morgan fingerprint density at radius 1 is 1.24 bits per heavy atom. The summed E-state index contributed by atoms with van der Waals surface area (Å²) in [6.07, 6.45) is 0.573. The zero-order valence-corrected chi connectivity index (χ0v) is 10.1. The third-order valence-corrected chi connectivity index (χ3v) is 2.29. The van der Waals surface area contributed by atoms with Gasteiger partial charge < -0.3 is 10.1 Å². The molecule has 1 atom stereocenters. The maximum Gasteiger partial charge on any atom is 0.302 e. The lowest BCUT2D eigenvalue weighted by molar-refractivity contribution is -0.141. The van der Waals surface area contributed by atoms with E-state index in [2.05, 4.69) is 5.32 Å². The Morgan fingerprint density at radius 3 is 2.41 bits per heavy atom. The largest absolute Gasteiger partial charge is 0.466 e. The van der Waals surface area contributed by atoms with Gasteiger partial charge in [-0.1, -0.05) is 30.3 Å². The molecule has 0 spiro atoms. The molecule has 1 aromatic rings. The van der Waals surface area contributed by atoms with E-state index in [0.717, 1.165) is 5.56 Å². The molecule has 1 rings (SSSR count). The molecule has 0 heterocycles. The molecule has 0 aromatic heterocycles. The third-order valence-electron chi connectivity index (χ3n) is 2.29. The fraction of sp³-hybridized carbons (Fsp3) is 0.385. The maximum atomic E-state index is 11.1. The lowest BCUT2D eigenvalue weighted by Gasteiger charge is -2.18. The van der Waals surface area contributed by atoms with Gasteiger partial charge in [0.15, 0.2) is 0 Å². The van der Waals surface area contributed by atoms with E-state index in [1.807, 2.05) is 30.3 Å². The summed E-state index contributed by atoms with van der Waals surface area (Å²) < 4.78 is 4.89. The molecular formula is C13H17NO3. The van der Waals surface area contributed by atoms with Crippen LogP contribution < -0.4 is 5.32 Å². The van der Waals surface area contributed by atoms with E-state index in [4.69, 9.17) is 4.74 Å². The Balaban J connectivity index is 2.61. The number of ether oxygens (including phenoxy) is 1. The minimum Gasteiger partial charge on any atom is -0.466 e. The van der Waals surface area contributed by atoms with Crippen molar-refractivity contribution in [2.45, 2.75) is 26.3 Å². The SMILES string of the molecule is CC(=O)N[C@@H](CCOC(C)=O)c1ccccc1. The molecule has 0 saturated heterocycles. The molecule has 1 aromatic carbocycles. The van der Waals surface area contributed by atoms with Crippen LogP contribution in [-0.2, 0) is 14.3 Å². The van der Waals surface area contributed by atoms with Gasteiger partial charge in [0.05, 0.1) is 12.6 Å². The molecule has 1 N–H and O–H groups in total. The number of carbonyl (C=O) groups excluding carboxylic acids is 2. The second kappa shape index (κ2) is 6.68. The summed E-state index contributed by atoms with van der Waals surface area (Å²) >= 11 is 0. The first-order valence-electron chi connectivity index (χ1n) is 5.55. The predicted octanol–water partition coefficient (Wildman–Crippen LogP) is 1.82. The zero-order valence-electron chi connectivity index (χ0n) is 10.1. The van der Waals surface area contributed by atoms with Crippen LogP contribution >= 0.6 is 0 Å². The van der Waals surface area contributed by atoms with Crippen LogP contribution in [-0.4, -0.2) is 18.5 Å². The quantitative estimate of drug-likeness (QED) is 0.792. The summed E-state index contributed by atoms with van der Waals surface area (Å²) in [5.41, 5.74) is 1.01. The smallest absolute Gasteiger partial charge is 0.302 e. The van der Waals surface area contributed by atoms with Gasteiger partial charge in [0, 0.05) is 20.3 Å². The first-order chi connectivity index (χ1) is 8.09. The number of carbonyl (C=O) groups is 2. The van der Waals surface area contributed by atoms with E-state index in [0.29, 0.717) is 13.0 Å². The predicted molar refractivity (Wildman–Crippen MR) is 64.2 cm³/mol. The van der Waals surface area contributed by atoms with Crippen LogP contribution in [0.2, 0.25) is 0 Å². The molecule has 4 heteroatoms. The highest BCUT2D eigenvalue weighted by Gasteiger charge is 2.12. The molecular weight excluding hydrogens is 218 g/mol. The summed E-state index contributed by atoms with van der Waals surface area (Å²) in [7, 11) is 0. The summed E-state index contributed by atoms with van der Waals surface area (Å²) in [5.74, 6) is -0.402. The Hall–Kier alpha value is -1.84. The molecule has 0 aliphatic rings. The van der Waals surface area contributed by atoms with Crippen molar-refractivity contribution in [1.82, 2.24) is 5.32 Å². The monoisotopic (exact) mass is 235 g/mol. The molecule has 92 valence electrons. The van der Waals surface area contributed by atoms with E-state index in [1.54, 1.807) is 0 Å². The minimum absolute atomic E-state index is 0.0957. The zero-order chi connectivity index (χ0) is 12.7. The normalized spacial score (nSPS) is 11.6. The molecule has 4 nitrogen and oxygen atoms in total. The molecule has 17 heavy (non-hydrogen) atoms. The summed E-state index contributed by atoms with van der Waals surface area (Å²) in [6.45, 7) is 3.15. The molecule has 0 fully saturated rings. The molecule has 0 aliphatic heterocycles. The Labute approximate surface area is 101 Å². The van der Waals surface area contributed by atoms with Crippen LogP contribution in [0.4, 0.5) is 0 Å². The van der Waals surface area contributed by atoms with Crippen molar-refractivity contribution in [3.8, 4) is 0 Å². The van der Waals surface area contributed by atoms with Crippen molar-refractivity contribution in [2.24, 2.45) is 0 Å². The highest BCUT2D eigenvalue weighted by molar-refractivity contribution is 5.73. The van der Waals surface area contributed by atoms with E-state index >= 15 is 0 Å². The Bertz CT molecular complexity index is 376.